The number of nitrogens with one attached hydrogen (secondary N) is 1. The Balaban J connectivity index is 1.69. The molecule has 0 aromatic heterocycles. The van der Waals surface area contributed by atoms with Crippen LogP contribution < -0.4 is 14.8 Å². The molecule has 0 saturated heterocycles. The smallest absolute Gasteiger partial charge is 0.257 e. The minimum Gasteiger partial charge on any atom is -0.496 e. The van der Waals surface area contributed by atoms with Gasteiger partial charge in [-0.3, -0.25) is 4.79 Å². The number of amides is 1. The van der Waals surface area contributed by atoms with Crippen LogP contribution in [0.1, 0.15) is 17.5 Å². The number of carbonyl (C=O) groups excluding carboxylic acids is 1. The number of carbonyl (C=O) groups is 1. The minimum atomic E-state index is -0.136. The predicted molar refractivity (Wildman–Crippen MR) is 96.0 cm³/mol. The molecule has 4 nitrogen and oxygen atoms in total. The molecular weight excluding hydrogens is 326 g/mol. The van der Waals surface area contributed by atoms with Gasteiger partial charge in [0.2, 0.25) is 0 Å². The molecule has 0 aliphatic heterocycles. The molecule has 0 fully saturated rings. The van der Waals surface area contributed by atoms with Gasteiger partial charge in [-0.15, -0.1) is 0 Å². The van der Waals surface area contributed by atoms with Crippen molar-refractivity contribution < 1.29 is 14.3 Å². The number of methoxy groups -OCH3 is 1. The number of rotatable bonds is 8. The summed E-state index contributed by atoms with van der Waals surface area (Å²) in [6.45, 7) is 2.49. The maximum Gasteiger partial charge on any atom is 0.257 e. The Morgan fingerprint density at radius 3 is 2.75 bits per heavy atom. The van der Waals surface area contributed by atoms with Gasteiger partial charge in [0.1, 0.15) is 11.5 Å². The first-order chi connectivity index (χ1) is 11.6. The molecule has 0 heterocycles. The molecule has 2 aromatic rings. The van der Waals surface area contributed by atoms with Crippen molar-refractivity contribution in [1.29, 1.82) is 0 Å². The molecule has 0 bridgehead atoms. The molecule has 0 saturated carbocycles. The van der Waals surface area contributed by atoms with E-state index < -0.39 is 0 Å². The molecule has 0 atom stereocenters. The molecule has 1 amide bonds. The van der Waals surface area contributed by atoms with Crippen molar-refractivity contribution in [3.63, 3.8) is 0 Å². The number of hydrogen-bond acceptors (Lipinski definition) is 3. The molecule has 24 heavy (non-hydrogen) atoms. The van der Waals surface area contributed by atoms with Crippen LogP contribution in [0.2, 0.25) is 5.02 Å². The van der Waals surface area contributed by atoms with Crippen molar-refractivity contribution in [3.8, 4) is 11.5 Å². The summed E-state index contributed by atoms with van der Waals surface area (Å²) in [5.74, 6) is 1.38. The van der Waals surface area contributed by atoms with Gasteiger partial charge < -0.3 is 14.8 Å². The Morgan fingerprint density at radius 1 is 1.21 bits per heavy atom. The van der Waals surface area contributed by atoms with Gasteiger partial charge in [-0.05, 0) is 55.2 Å². The van der Waals surface area contributed by atoms with E-state index in [4.69, 9.17) is 21.1 Å². The molecule has 0 radical (unpaired) electrons. The van der Waals surface area contributed by atoms with Crippen LogP contribution in [0.25, 0.3) is 0 Å². The van der Waals surface area contributed by atoms with Crippen molar-refractivity contribution in [2.45, 2.75) is 19.8 Å². The largest absolute Gasteiger partial charge is 0.496 e. The average Bonchev–Trinajstić information content (AvgIpc) is 2.60. The van der Waals surface area contributed by atoms with Gasteiger partial charge >= 0.3 is 0 Å². The Hall–Kier alpha value is -2.20. The van der Waals surface area contributed by atoms with Crippen LogP contribution in [0.3, 0.4) is 0 Å². The highest BCUT2D eigenvalue weighted by atomic mass is 35.5. The van der Waals surface area contributed by atoms with E-state index in [1.54, 1.807) is 19.2 Å². The fraction of sp³-hybridized carbons (Fsp3) is 0.316. The summed E-state index contributed by atoms with van der Waals surface area (Å²) in [6, 6.07) is 13.2. The summed E-state index contributed by atoms with van der Waals surface area (Å²) >= 11 is 5.96. The zero-order chi connectivity index (χ0) is 17.4. The van der Waals surface area contributed by atoms with E-state index in [1.807, 2.05) is 37.3 Å². The third kappa shape index (κ3) is 5.46. The van der Waals surface area contributed by atoms with Gasteiger partial charge in [0, 0.05) is 11.6 Å². The molecule has 0 unspecified atom stereocenters. The fourth-order valence-electron chi connectivity index (χ4n) is 2.32. The molecule has 128 valence electrons. The standard InChI is InChI=1S/C19H22ClNO3/c1-14-12-16(9-10-17(14)20)24-13-19(22)21-11-5-7-15-6-3-4-8-18(15)23-2/h3-4,6,8-10,12H,5,7,11,13H2,1-2H3,(H,21,22). The zero-order valence-corrected chi connectivity index (χ0v) is 14.7. The SMILES string of the molecule is COc1ccccc1CCCNC(=O)COc1ccc(Cl)c(C)c1. The molecule has 1 N–H and O–H groups in total. The second-order valence-electron chi connectivity index (χ2n) is 5.47. The first-order valence-electron chi connectivity index (χ1n) is 7.87. The van der Waals surface area contributed by atoms with Crippen molar-refractivity contribution in [2.75, 3.05) is 20.3 Å². The maximum absolute atomic E-state index is 11.8. The monoisotopic (exact) mass is 347 g/mol. The summed E-state index contributed by atoms with van der Waals surface area (Å²) in [5, 5.41) is 3.54. The normalized spacial score (nSPS) is 10.3. The lowest BCUT2D eigenvalue weighted by Crippen LogP contribution is -2.29. The number of hydrogen-bond donors (Lipinski definition) is 1. The Morgan fingerprint density at radius 2 is 2.00 bits per heavy atom. The van der Waals surface area contributed by atoms with Crippen molar-refractivity contribution in [2.24, 2.45) is 0 Å². The molecule has 5 heteroatoms. The van der Waals surface area contributed by atoms with Gasteiger partial charge in [0.05, 0.1) is 7.11 Å². The van der Waals surface area contributed by atoms with Crippen LogP contribution in [-0.2, 0) is 11.2 Å². The zero-order valence-electron chi connectivity index (χ0n) is 14.0. The minimum absolute atomic E-state index is 0.00424. The quantitative estimate of drug-likeness (QED) is 0.739. The highest BCUT2D eigenvalue weighted by Crippen LogP contribution is 2.21. The highest BCUT2D eigenvalue weighted by Gasteiger charge is 2.05. The first-order valence-corrected chi connectivity index (χ1v) is 8.25. The van der Waals surface area contributed by atoms with E-state index >= 15 is 0 Å². The Bertz CT molecular complexity index is 688. The fourth-order valence-corrected chi connectivity index (χ4v) is 2.44. The van der Waals surface area contributed by atoms with E-state index in [0.29, 0.717) is 17.3 Å². The first kappa shape index (κ1) is 18.1. The van der Waals surface area contributed by atoms with Crippen molar-refractivity contribution in [1.82, 2.24) is 5.32 Å². The molecule has 0 aliphatic rings. The number of halogens is 1. The van der Waals surface area contributed by atoms with Crippen molar-refractivity contribution in [3.05, 3.63) is 58.6 Å². The van der Waals surface area contributed by atoms with E-state index in [2.05, 4.69) is 5.32 Å². The van der Waals surface area contributed by atoms with Gasteiger partial charge in [-0.25, -0.2) is 0 Å². The van der Waals surface area contributed by atoms with Crippen LogP contribution in [0, 0.1) is 6.92 Å². The predicted octanol–water partition coefficient (Wildman–Crippen LogP) is 3.78. The third-order valence-corrected chi connectivity index (χ3v) is 4.06. The molecule has 0 spiro atoms. The number of para-hydroxylation sites is 1. The highest BCUT2D eigenvalue weighted by molar-refractivity contribution is 6.31. The molecule has 2 rings (SSSR count). The Labute approximate surface area is 147 Å². The van der Waals surface area contributed by atoms with E-state index in [0.717, 1.165) is 29.7 Å². The van der Waals surface area contributed by atoms with E-state index in [1.165, 1.54) is 0 Å². The molecule has 2 aromatic carbocycles. The molecular formula is C19H22ClNO3. The summed E-state index contributed by atoms with van der Waals surface area (Å²) < 4.78 is 10.8. The summed E-state index contributed by atoms with van der Waals surface area (Å²) in [7, 11) is 1.66. The van der Waals surface area contributed by atoms with Gasteiger partial charge in [-0.2, -0.15) is 0 Å². The number of ether oxygens (including phenoxy) is 2. The van der Waals surface area contributed by atoms with E-state index in [9.17, 15) is 4.79 Å². The lowest BCUT2D eigenvalue weighted by Gasteiger charge is -2.10. The second-order valence-corrected chi connectivity index (χ2v) is 5.87. The van der Waals surface area contributed by atoms with E-state index in [-0.39, 0.29) is 12.5 Å². The van der Waals surface area contributed by atoms with Crippen LogP contribution >= 0.6 is 11.6 Å². The van der Waals surface area contributed by atoms with Crippen LogP contribution in [0.5, 0.6) is 11.5 Å². The van der Waals surface area contributed by atoms with Gasteiger partial charge in [0.15, 0.2) is 6.61 Å². The maximum atomic E-state index is 11.8. The Kier molecular flexibility index (Phi) is 6.94. The van der Waals surface area contributed by atoms with Gasteiger partial charge in [0.25, 0.3) is 5.91 Å². The van der Waals surface area contributed by atoms with Crippen LogP contribution in [0.15, 0.2) is 42.5 Å². The van der Waals surface area contributed by atoms with Crippen molar-refractivity contribution >= 4 is 17.5 Å². The summed E-state index contributed by atoms with van der Waals surface area (Å²) in [6.07, 6.45) is 1.69. The van der Waals surface area contributed by atoms with Crippen LogP contribution in [-0.4, -0.2) is 26.2 Å². The summed E-state index contributed by atoms with van der Waals surface area (Å²) in [5.41, 5.74) is 2.06. The topological polar surface area (TPSA) is 47.6 Å². The number of benzene rings is 2. The average molecular weight is 348 g/mol. The van der Waals surface area contributed by atoms with Crippen LogP contribution in [0.4, 0.5) is 0 Å². The van der Waals surface area contributed by atoms with Gasteiger partial charge in [-0.1, -0.05) is 29.8 Å². The third-order valence-electron chi connectivity index (χ3n) is 3.64. The number of aryl methyl sites for hydroxylation is 2. The second kappa shape index (κ2) is 9.18. The lowest BCUT2D eigenvalue weighted by atomic mass is 10.1. The summed E-state index contributed by atoms with van der Waals surface area (Å²) in [4.78, 5) is 11.8. The molecule has 0 aliphatic carbocycles. The lowest BCUT2D eigenvalue weighted by molar-refractivity contribution is -0.123.